The number of aromatic amines is 1. The molecule has 2 heterocycles. The van der Waals surface area contributed by atoms with E-state index in [-0.39, 0.29) is 0 Å². The van der Waals surface area contributed by atoms with Gasteiger partial charge in [0.05, 0.1) is 0 Å². The Labute approximate surface area is 148 Å². The third kappa shape index (κ3) is 3.46. The van der Waals surface area contributed by atoms with Crippen LogP contribution < -0.4 is 0 Å². The Morgan fingerprint density at radius 1 is 1.00 bits per heavy atom. The monoisotopic (exact) mass is 332 g/mol. The summed E-state index contributed by atoms with van der Waals surface area (Å²) in [4.78, 5) is 17.9. The van der Waals surface area contributed by atoms with Crippen molar-refractivity contribution in [1.29, 1.82) is 0 Å². The number of amides is 1. The van der Waals surface area contributed by atoms with Crippen molar-refractivity contribution < 1.29 is 4.79 Å². The fourth-order valence-corrected chi connectivity index (χ4v) is 3.93. The number of nitrogens with zero attached hydrogens (tertiary/aromatic N) is 1. The summed E-state index contributed by atoms with van der Waals surface area (Å²) in [6.45, 7) is 1.75. The van der Waals surface area contributed by atoms with E-state index in [1.165, 1.54) is 22.0 Å². The van der Waals surface area contributed by atoms with Crippen LogP contribution in [0, 0.1) is 0 Å². The van der Waals surface area contributed by atoms with Gasteiger partial charge in [-0.15, -0.1) is 0 Å². The molecule has 2 aromatic carbocycles. The Bertz CT molecular complexity index is 845. The van der Waals surface area contributed by atoms with Crippen molar-refractivity contribution >= 4 is 16.8 Å². The molecule has 0 atom stereocenters. The topological polar surface area (TPSA) is 36.1 Å². The van der Waals surface area contributed by atoms with E-state index in [1.807, 2.05) is 23.1 Å². The number of fused-ring (bicyclic) bond motifs is 1. The second-order valence-electron chi connectivity index (χ2n) is 6.93. The predicted molar refractivity (Wildman–Crippen MR) is 102 cm³/mol. The quantitative estimate of drug-likeness (QED) is 0.750. The van der Waals surface area contributed by atoms with Gasteiger partial charge < -0.3 is 9.88 Å². The molecule has 0 aliphatic carbocycles. The number of nitrogens with one attached hydrogen (secondary N) is 1. The van der Waals surface area contributed by atoms with Crippen LogP contribution in [0.5, 0.6) is 0 Å². The number of hydrogen-bond donors (Lipinski definition) is 1. The third-order valence-corrected chi connectivity index (χ3v) is 5.38. The van der Waals surface area contributed by atoms with Gasteiger partial charge in [0.2, 0.25) is 5.91 Å². The number of hydrogen-bond acceptors (Lipinski definition) is 1. The number of para-hydroxylation sites is 1. The maximum Gasteiger partial charge on any atom is 0.222 e. The van der Waals surface area contributed by atoms with Crippen LogP contribution in [0.15, 0.2) is 60.8 Å². The van der Waals surface area contributed by atoms with Gasteiger partial charge in [-0.1, -0.05) is 48.5 Å². The number of carbonyl (C=O) groups is 1. The summed E-state index contributed by atoms with van der Waals surface area (Å²) in [6.07, 6.45) is 5.71. The first kappa shape index (κ1) is 15.9. The molecule has 1 aromatic heterocycles. The summed E-state index contributed by atoms with van der Waals surface area (Å²) in [5.41, 5.74) is 3.86. The highest BCUT2D eigenvalue weighted by Crippen LogP contribution is 2.33. The fraction of sp³-hybridized carbons (Fsp3) is 0.318. The van der Waals surface area contributed by atoms with E-state index in [1.54, 1.807) is 0 Å². The molecule has 1 aliphatic rings. The van der Waals surface area contributed by atoms with Gasteiger partial charge in [-0.2, -0.15) is 0 Å². The minimum Gasteiger partial charge on any atom is -0.361 e. The number of likely N-dealkylation sites (tertiary alicyclic amines) is 1. The number of carbonyl (C=O) groups excluding carboxylic acids is 1. The highest BCUT2D eigenvalue weighted by Gasteiger charge is 2.25. The van der Waals surface area contributed by atoms with E-state index in [0.29, 0.717) is 18.2 Å². The van der Waals surface area contributed by atoms with Gasteiger partial charge in [-0.05, 0) is 42.4 Å². The summed E-state index contributed by atoms with van der Waals surface area (Å²) in [5.74, 6) is 0.843. The Morgan fingerprint density at radius 3 is 2.52 bits per heavy atom. The smallest absolute Gasteiger partial charge is 0.222 e. The van der Waals surface area contributed by atoms with Crippen LogP contribution in [0.3, 0.4) is 0 Å². The minimum atomic E-state index is 0.293. The molecule has 1 saturated heterocycles. The van der Waals surface area contributed by atoms with Crippen molar-refractivity contribution in [2.45, 2.75) is 31.6 Å². The number of piperidine rings is 1. The van der Waals surface area contributed by atoms with E-state index in [2.05, 4.69) is 47.6 Å². The number of benzene rings is 2. The van der Waals surface area contributed by atoms with E-state index < -0.39 is 0 Å². The van der Waals surface area contributed by atoms with Crippen molar-refractivity contribution in [3.8, 4) is 0 Å². The lowest BCUT2D eigenvalue weighted by Crippen LogP contribution is -2.38. The van der Waals surface area contributed by atoms with E-state index in [4.69, 9.17) is 0 Å². The first-order chi connectivity index (χ1) is 12.3. The van der Waals surface area contributed by atoms with Crippen LogP contribution in [0.1, 0.15) is 36.3 Å². The fourth-order valence-electron chi connectivity index (χ4n) is 3.93. The second-order valence-corrected chi connectivity index (χ2v) is 6.93. The van der Waals surface area contributed by atoms with Gasteiger partial charge in [0.25, 0.3) is 0 Å². The predicted octanol–water partition coefficient (Wildman–Crippen LogP) is 4.51. The molecule has 0 spiro atoms. The molecule has 0 bridgehead atoms. The highest BCUT2D eigenvalue weighted by atomic mass is 16.2. The molecule has 1 aliphatic heterocycles. The zero-order chi connectivity index (χ0) is 17.1. The molecule has 3 aromatic rings. The van der Waals surface area contributed by atoms with Gasteiger partial charge >= 0.3 is 0 Å². The lowest BCUT2D eigenvalue weighted by atomic mass is 9.89. The highest BCUT2D eigenvalue weighted by molar-refractivity contribution is 5.83. The number of aromatic nitrogens is 1. The molecule has 3 heteroatoms. The minimum absolute atomic E-state index is 0.293. The molecule has 4 rings (SSSR count). The van der Waals surface area contributed by atoms with Crippen molar-refractivity contribution in [1.82, 2.24) is 9.88 Å². The number of aryl methyl sites for hydroxylation is 1. The summed E-state index contributed by atoms with van der Waals surface area (Å²) in [5, 5.41) is 1.33. The van der Waals surface area contributed by atoms with Crippen LogP contribution in [0.4, 0.5) is 0 Å². The summed E-state index contributed by atoms with van der Waals surface area (Å²) in [6, 6.07) is 18.8. The SMILES string of the molecule is O=C(CCc1ccccc1)N1CCC(c2c[nH]c3ccccc23)CC1. The van der Waals surface area contributed by atoms with Crippen LogP contribution in [-0.2, 0) is 11.2 Å². The largest absolute Gasteiger partial charge is 0.361 e. The molecule has 1 amide bonds. The lowest BCUT2D eigenvalue weighted by Gasteiger charge is -2.32. The Hall–Kier alpha value is -2.55. The molecule has 1 N–H and O–H groups in total. The second kappa shape index (κ2) is 7.14. The molecular formula is C22H24N2O. The molecule has 128 valence electrons. The average molecular weight is 332 g/mol. The van der Waals surface area contributed by atoms with Crippen molar-refractivity contribution in [3.63, 3.8) is 0 Å². The molecular weight excluding hydrogens is 308 g/mol. The van der Waals surface area contributed by atoms with Gasteiger partial charge in [0, 0.05) is 36.6 Å². The lowest BCUT2D eigenvalue weighted by molar-refractivity contribution is -0.132. The Kier molecular flexibility index (Phi) is 4.55. The summed E-state index contributed by atoms with van der Waals surface area (Å²) >= 11 is 0. The summed E-state index contributed by atoms with van der Waals surface area (Å²) in [7, 11) is 0. The zero-order valence-electron chi connectivity index (χ0n) is 14.4. The average Bonchev–Trinajstić information content (AvgIpc) is 3.11. The van der Waals surface area contributed by atoms with E-state index in [9.17, 15) is 4.79 Å². The molecule has 0 saturated carbocycles. The summed E-state index contributed by atoms with van der Waals surface area (Å²) < 4.78 is 0. The maximum absolute atomic E-state index is 12.5. The van der Waals surface area contributed by atoms with Gasteiger partial charge in [0.1, 0.15) is 0 Å². The van der Waals surface area contributed by atoms with Crippen molar-refractivity contribution in [3.05, 3.63) is 71.9 Å². The van der Waals surface area contributed by atoms with Crippen LogP contribution in [-0.4, -0.2) is 28.9 Å². The van der Waals surface area contributed by atoms with Crippen molar-refractivity contribution in [2.75, 3.05) is 13.1 Å². The maximum atomic E-state index is 12.5. The molecule has 0 radical (unpaired) electrons. The van der Waals surface area contributed by atoms with Crippen LogP contribution in [0.2, 0.25) is 0 Å². The van der Waals surface area contributed by atoms with Gasteiger partial charge in [0.15, 0.2) is 0 Å². The molecule has 0 unspecified atom stereocenters. The van der Waals surface area contributed by atoms with Crippen LogP contribution >= 0.6 is 0 Å². The van der Waals surface area contributed by atoms with Gasteiger partial charge in [-0.3, -0.25) is 4.79 Å². The van der Waals surface area contributed by atoms with E-state index >= 15 is 0 Å². The number of rotatable bonds is 4. The Morgan fingerprint density at radius 2 is 1.72 bits per heavy atom. The first-order valence-electron chi connectivity index (χ1n) is 9.19. The molecule has 3 nitrogen and oxygen atoms in total. The van der Waals surface area contributed by atoms with Gasteiger partial charge in [-0.25, -0.2) is 0 Å². The zero-order valence-corrected chi connectivity index (χ0v) is 14.4. The Balaban J connectivity index is 1.34. The van der Waals surface area contributed by atoms with Crippen molar-refractivity contribution in [2.24, 2.45) is 0 Å². The molecule has 1 fully saturated rings. The first-order valence-corrected chi connectivity index (χ1v) is 9.19. The normalized spacial score (nSPS) is 15.6. The number of H-pyrrole nitrogens is 1. The van der Waals surface area contributed by atoms with E-state index in [0.717, 1.165) is 32.4 Å². The third-order valence-electron chi connectivity index (χ3n) is 5.38. The van der Waals surface area contributed by atoms with Crippen LogP contribution in [0.25, 0.3) is 10.9 Å². The molecule has 25 heavy (non-hydrogen) atoms. The standard InChI is InChI=1S/C22H24N2O/c25-22(11-10-17-6-2-1-3-7-17)24-14-12-18(13-15-24)20-16-23-21-9-5-4-8-19(20)21/h1-9,16,18,23H,10-15H2.